The van der Waals surface area contributed by atoms with E-state index in [1.165, 1.54) is 6.42 Å². The molecular weight excluding hydrogens is 290 g/mol. The second-order valence-electron chi connectivity index (χ2n) is 6.44. The Bertz CT molecular complexity index is 544. The Labute approximate surface area is 137 Å². The second-order valence-corrected chi connectivity index (χ2v) is 6.44. The Morgan fingerprint density at radius 2 is 1.65 bits per heavy atom. The Morgan fingerprint density at radius 1 is 1.00 bits per heavy atom. The molecule has 0 spiro atoms. The van der Waals surface area contributed by atoms with Crippen molar-refractivity contribution in [1.29, 1.82) is 0 Å². The normalized spacial score (nSPS) is 19.4. The maximum atomic E-state index is 12.4. The van der Waals surface area contributed by atoms with Crippen LogP contribution in [-0.4, -0.2) is 42.9 Å². The van der Waals surface area contributed by atoms with Crippen LogP contribution in [0.15, 0.2) is 24.3 Å². The van der Waals surface area contributed by atoms with Crippen molar-refractivity contribution in [3.8, 4) is 0 Å². The van der Waals surface area contributed by atoms with Gasteiger partial charge in [0, 0.05) is 30.3 Å². The summed E-state index contributed by atoms with van der Waals surface area (Å²) in [6, 6.07) is 7.29. The summed E-state index contributed by atoms with van der Waals surface area (Å²) >= 11 is 0. The van der Waals surface area contributed by atoms with E-state index >= 15 is 0 Å². The maximum Gasteiger partial charge on any atom is 0.253 e. The van der Waals surface area contributed by atoms with Gasteiger partial charge in [0.1, 0.15) is 0 Å². The number of carbonyl (C=O) groups excluding carboxylic acids is 2. The van der Waals surface area contributed by atoms with Crippen LogP contribution in [0.1, 0.15) is 42.5 Å². The molecule has 0 radical (unpaired) electrons. The maximum absolute atomic E-state index is 12.4. The molecule has 2 N–H and O–H groups in total. The van der Waals surface area contributed by atoms with Crippen LogP contribution < -0.4 is 10.6 Å². The first-order valence-electron chi connectivity index (χ1n) is 8.65. The minimum absolute atomic E-state index is 0.0848. The standard InChI is InChI=1S/C18H25N3O2/c22-17(14-8-10-19-11-9-14)20-16-6-4-15(5-7-16)18(23)21-12-2-1-3-13-21/h4-7,14,19H,1-3,8-13H2,(H,20,22). The van der Waals surface area contributed by atoms with Crippen LogP contribution in [0.2, 0.25) is 0 Å². The summed E-state index contributed by atoms with van der Waals surface area (Å²) in [4.78, 5) is 26.6. The summed E-state index contributed by atoms with van der Waals surface area (Å²) in [6.45, 7) is 3.52. The third-order valence-electron chi connectivity index (χ3n) is 4.75. The molecule has 0 aliphatic carbocycles. The molecule has 1 aromatic carbocycles. The predicted molar refractivity (Wildman–Crippen MR) is 90.4 cm³/mol. The lowest BCUT2D eigenvalue weighted by Crippen LogP contribution is -2.35. The van der Waals surface area contributed by atoms with E-state index in [0.717, 1.165) is 57.5 Å². The van der Waals surface area contributed by atoms with E-state index in [2.05, 4.69) is 10.6 Å². The minimum Gasteiger partial charge on any atom is -0.339 e. The van der Waals surface area contributed by atoms with Crippen LogP contribution in [0.3, 0.4) is 0 Å². The zero-order valence-corrected chi connectivity index (χ0v) is 13.5. The monoisotopic (exact) mass is 315 g/mol. The number of nitrogens with zero attached hydrogens (tertiary/aromatic N) is 1. The summed E-state index contributed by atoms with van der Waals surface area (Å²) < 4.78 is 0. The molecule has 5 nitrogen and oxygen atoms in total. The highest BCUT2D eigenvalue weighted by Gasteiger charge is 2.21. The summed E-state index contributed by atoms with van der Waals surface area (Å²) in [7, 11) is 0. The number of hydrogen-bond donors (Lipinski definition) is 2. The largest absolute Gasteiger partial charge is 0.339 e. The molecule has 0 saturated carbocycles. The number of likely N-dealkylation sites (tertiary alicyclic amines) is 1. The fourth-order valence-electron chi connectivity index (χ4n) is 3.30. The van der Waals surface area contributed by atoms with E-state index in [9.17, 15) is 9.59 Å². The van der Waals surface area contributed by atoms with Crippen molar-refractivity contribution in [2.75, 3.05) is 31.5 Å². The SMILES string of the molecule is O=C(Nc1ccc(C(=O)N2CCCCC2)cc1)C1CCNCC1. The first kappa shape index (κ1) is 16.0. The average molecular weight is 315 g/mol. The summed E-state index contributed by atoms with van der Waals surface area (Å²) in [5.41, 5.74) is 1.47. The molecule has 0 atom stereocenters. The molecule has 1 aromatic rings. The highest BCUT2D eigenvalue weighted by atomic mass is 16.2. The number of hydrogen-bond acceptors (Lipinski definition) is 3. The van der Waals surface area contributed by atoms with Gasteiger partial charge in [-0.1, -0.05) is 0 Å². The Balaban J connectivity index is 1.58. The number of piperidine rings is 2. The van der Waals surface area contributed by atoms with Crippen LogP contribution in [0, 0.1) is 5.92 Å². The second kappa shape index (κ2) is 7.59. The number of amides is 2. The van der Waals surface area contributed by atoms with Gasteiger partial charge in [-0.15, -0.1) is 0 Å². The van der Waals surface area contributed by atoms with Gasteiger partial charge in [-0.25, -0.2) is 0 Å². The molecule has 2 aliphatic rings. The highest BCUT2D eigenvalue weighted by Crippen LogP contribution is 2.18. The van der Waals surface area contributed by atoms with Gasteiger partial charge in [0.05, 0.1) is 0 Å². The van der Waals surface area contributed by atoms with Crippen molar-refractivity contribution in [1.82, 2.24) is 10.2 Å². The molecular formula is C18H25N3O2. The zero-order valence-electron chi connectivity index (χ0n) is 13.5. The van der Waals surface area contributed by atoms with E-state index in [-0.39, 0.29) is 17.7 Å². The lowest BCUT2D eigenvalue weighted by Gasteiger charge is -2.26. The van der Waals surface area contributed by atoms with E-state index in [4.69, 9.17) is 0 Å². The van der Waals surface area contributed by atoms with Gasteiger partial charge < -0.3 is 15.5 Å². The molecule has 0 aromatic heterocycles. The topological polar surface area (TPSA) is 61.4 Å². The number of anilines is 1. The third kappa shape index (κ3) is 4.10. The van der Waals surface area contributed by atoms with Gasteiger partial charge in [-0.2, -0.15) is 0 Å². The molecule has 2 fully saturated rings. The molecule has 23 heavy (non-hydrogen) atoms. The molecule has 2 heterocycles. The van der Waals surface area contributed by atoms with Crippen LogP contribution >= 0.6 is 0 Å². The smallest absolute Gasteiger partial charge is 0.253 e. The molecule has 124 valence electrons. The average Bonchev–Trinajstić information content (AvgIpc) is 2.63. The zero-order chi connectivity index (χ0) is 16.1. The summed E-state index contributed by atoms with van der Waals surface area (Å²) in [6.07, 6.45) is 5.17. The lowest BCUT2D eigenvalue weighted by atomic mass is 9.97. The van der Waals surface area contributed by atoms with E-state index < -0.39 is 0 Å². The number of rotatable bonds is 3. The number of carbonyl (C=O) groups is 2. The van der Waals surface area contributed by atoms with Crippen LogP contribution in [0.25, 0.3) is 0 Å². The van der Waals surface area contributed by atoms with Gasteiger partial charge in [0.2, 0.25) is 5.91 Å². The van der Waals surface area contributed by atoms with Crippen LogP contribution in [0.5, 0.6) is 0 Å². The predicted octanol–water partition coefficient (Wildman–Crippen LogP) is 2.25. The van der Waals surface area contributed by atoms with Gasteiger partial charge >= 0.3 is 0 Å². The molecule has 2 saturated heterocycles. The molecule has 2 amide bonds. The summed E-state index contributed by atoms with van der Waals surface area (Å²) in [5, 5.41) is 6.23. The lowest BCUT2D eigenvalue weighted by molar-refractivity contribution is -0.120. The Hall–Kier alpha value is -1.88. The Morgan fingerprint density at radius 3 is 2.30 bits per heavy atom. The van der Waals surface area contributed by atoms with Gasteiger partial charge in [-0.3, -0.25) is 9.59 Å². The van der Waals surface area contributed by atoms with E-state index in [1.807, 2.05) is 29.2 Å². The van der Waals surface area contributed by atoms with Crippen molar-refractivity contribution in [2.45, 2.75) is 32.1 Å². The van der Waals surface area contributed by atoms with E-state index in [1.54, 1.807) is 0 Å². The van der Waals surface area contributed by atoms with E-state index in [0.29, 0.717) is 5.56 Å². The van der Waals surface area contributed by atoms with Crippen molar-refractivity contribution >= 4 is 17.5 Å². The molecule has 5 heteroatoms. The summed E-state index contributed by atoms with van der Waals surface area (Å²) in [5.74, 6) is 0.272. The van der Waals surface area contributed by atoms with Crippen LogP contribution in [0.4, 0.5) is 5.69 Å². The first-order valence-corrected chi connectivity index (χ1v) is 8.65. The van der Waals surface area contributed by atoms with Crippen molar-refractivity contribution in [2.24, 2.45) is 5.92 Å². The molecule has 0 unspecified atom stereocenters. The van der Waals surface area contributed by atoms with Gasteiger partial charge in [0.25, 0.3) is 5.91 Å². The quantitative estimate of drug-likeness (QED) is 0.899. The molecule has 3 rings (SSSR count). The van der Waals surface area contributed by atoms with Gasteiger partial charge in [0.15, 0.2) is 0 Å². The fourth-order valence-corrected chi connectivity index (χ4v) is 3.30. The van der Waals surface area contributed by atoms with Crippen molar-refractivity contribution < 1.29 is 9.59 Å². The Kier molecular flexibility index (Phi) is 5.28. The highest BCUT2D eigenvalue weighted by molar-refractivity contribution is 5.96. The van der Waals surface area contributed by atoms with Crippen LogP contribution in [-0.2, 0) is 4.79 Å². The number of nitrogens with one attached hydrogen (secondary N) is 2. The van der Waals surface area contributed by atoms with Gasteiger partial charge in [-0.05, 0) is 69.5 Å². The molecule has 0 bridgehead atoms. The molecule has 2 aliphatic heterocycles. The van der Waals surface area contributed by atoms with Crippen molar-refractivity contribution in [3.05, 3.63) is 29.8 Å². The van der Waals surface area contributed by atoms with Crippen molar-refractivity contribution in [3.63, 3.8) is 0 Å². The first-order chi connectivity index (χ1) is 11.2. The fraction of sp³-hybridized carbons (Fsp3) is 0.556. The minimum atomic E-state index is 0.0848. The number of benzene rings is 1. The third-order valence-corrected chi connectivity index (χ3v) is 4.75.